The number of benzene rings is 1. The van der Waals surface area contributed by atoms with Gasteiger partial charge in [-0.1, -0.05) is 6.92 Å². The lowest BCUT2D eigenvalue weighted by atomic mass is 9.55. The van der Waals surface area contributed by atoms with Gasteiger partial charge in [0.05, 0.1) is 6.10 Å². The van der Waals surface area contributed by atoms with Gasteiger partial charge in [-0.05, 0) is 73.3 Å². The van der Waals surface area contributed by atoms with E-state index in [2.05, 4.69) is 6.92 Å². The highest BCUT2D eigenvalue weighted by Crippen LogP contribution is 2.61. The number of rotatable bonds is 0. The standard InChI is InChI=1S/C18H24O3/c1-18-7-6-13-12(14(18)4-5-16(18)21)3-2-10-8-11(19)9-15(20)17(10)13/h8-9,12-14,16,19-21H,2-7H2,1H3. The summed E-state index contributed by atoms with van der Waals surface area (Å²) in [6, 6.07) is 3.31. The summed E-state index contributed by atoms with van der Waals surface area (Å²) in [5.41, 5.74) is 2.27. The molecule has 2 fully saturated rings. The summed E-state index contributed by atoms with van der Waals surface area (Å²) in [4.78, 5) is 0. The Balaban J connectivity index is 1.75. The van der Waals surface area contributed by atoms with E-state index in [0.29, 0.717) is 17.8 Å². The molecule has 0 amide bonds. The fraction of sp³-hybridized carbons (Fsp3) is 0.667. The van der Waals surface area contributed by atoms with Crippen LogP contribution in [0.3, 0.4) is 0 Å². The second kappa shape index (κ2) is 4.39. The molecule has 5 atom stereocenters. The number of phenols is 2. The van der Waals surface area contributed by atoms with Crippen LogP contribution in [0.5, 0.6) is 11.5 Å². The largest absolute Gasteiger partial charge is 0.508 e. The summed E-state index contributed by atoms with van der Waals surface area (Å²) in [6.07, 6.45) is 6.03. The number of aliphatic hydroxyl groups is 1. The number of aliphatic hydroxyl groups excluding tert-OH is 1. The van der Waals surface area contributed by atoms with Crippen LogP contribution in [0.1, 0.15) is 56.1 Å². The first-order valence-electron chi connectivity index (χ1n) is 8.23. The summed E-state index contributed by atoms with van der Waals surface area (Å²) in [5.74, 6) is 1.98. The zero-order valence-corrected chi connectivity index (χ0v) is 12.5. The van der Waals surface area contributed by atoms with Crippen LogP contribution < -0.4 is 0 Å². The van der Waals surface area contributed by atoms with Crippen molar-refractivity contribution in [2.45, 2.75) is 57.5 Å². The lowest BCUT2D eigenvalue weighted by Crippen LogP contribution is -2.43. The smallest absolute Gasteiger partial charge is 0.123 e. The molecule has 0 aromatic heterocycles. The zero-order chi connectivity index (χ0) is 14.8. The van der Waals surface area contributed by atoms with Crippen molar-refractivity contribution in [3.8, 4) is 11.5 Å². The van der Waals surface area contributed by atoms with Gasteiger partial charge in [-0.2, -0.15) is 0 Å². The van der Waals surface area contributed by atoms with Crippen LogP contribution in [-0.2, 0) is 6.42 Å². The van der Waals surface area contributed by atoms with E-state index in [1.807, 2.05) is 6.07 Å². The molecule has 1 aromatic rings. The van der Waals surface area contributed by atoms with Gasteiger partial charge in [0, 0.05) is 11.6 Å². The summed E-state index contributed by atoms with van der Waals surface area (Å²) in [5, 5.41) is 30.4. The minimum atomic E-state index is -0.154. The SMILES string of the molecule is CC12CCC3c4c(O)cc(O)cc4CCC3C1CCC2O. The van der Waals surface area contributed by atoms with E-state index in [-0.39, 0.29) is 23.0 Å². The van der Waals surface area contributed by atoms with E-state index in [4.69, 9.17) is 0 Å². The van der Waals surface area contributed by atoms with E-state index in [1.54, 1.807) is 0 Å². The highest BCUT2D eigenvalue weighted by atomic mass is 16.3. The molecule has 3 aliphatic rings. The average Bonchev–Trinajstić information content (AvgIpc) is 2.74. The maximum absolute atomic E-state index is 10.4. The van der Waals surface area contributed by atoms with Crippen molar-refractivity contribution >= 4 is 0 Å². The third kappa shape index (κ3) is 1.76. The van der Waals surface area contributed by atoms with Gasteiger partial charge in [0.1, 0.15) is 11.5 Å². The number of hydrogen-bond acceptors (Lipinski definition) is 3. The predicted molar refractivity (Wildman–Crippen MR) is 80.4 cm³/mol. The molecule has 3 heteroatoms. The molecule has 3 aliphatic carbocycles. The number of aryl methyl sites for hydroxylation is 1. The van der Waals surface area contributed by atoms with Gasteiger partial charge in [0.25, 0.3) is 0 Å². The zero-order valence-electron chi connectivity index (χ0n) is 12.5. The fourth-order valence-electron chi connectivity index (χ4n) is 5.66. The molecule has 0 radical (unpaired) electrons. The molecular weight excluding hydrogens is 264 g/mol. The van der Waals surface area contributed by atoms with Crippen LogP contribution in [0.4, 0.5) is 0 Å². The van der Waals surface area contributed by atoms with Crippen molar-refractivity contribution in [1.82, 2.24) is 0 Å². The Labute approximate surface area is 125 Å². The number of aromatic hydroxyl groups is 2. The van der Waals surface area contributed by atoms with Gasteiger partial charge in [0.2, 0.25) is 0 Å². The highest BCUT2D eigenvalue weighted by Gasteiger charge is 2.54. The third-order valence-corrected chi connectivity index (χ3v) is 6.73. The molecule has 114 valence electrons. The molecule has 3 nitrogen and oxygen atoms in total. The molecule has 21 heavy (non-hydrogen) atoms. The normalized spacial score (nSPS) is 41.2. The summed E-state index contributed by atoms with van der Waals surface area (Å²) < 4.78 is 0. The topological polar surface area (TPSA) is 60.7 Å². The van der Waals surface area contributed by atoms with Crippen LogP contribution in [0.2, 0.25) is 0 Å². The molecular formula is C18H24O3. The first kappa shape index (κ1) is 13.4. The molecule has 0 saturated heterocycles. The average molecular weight is 288 g/mol. The number of hydrogen-bond donors (Lipinski definition) is 3. The lowest BCUT2D eigenvalue weighted by molar-refractivity contribution is -0.0229. The molecule has 0 heterocycles. The molecule has 0 spiro atoms. The van der Waals surface area contributed by atoms with Crippen molar-refractivity contribution in [3.63, 3.8) is 0 Å². The van der Waals surface area contributed by atoms with Crippen molar-refractivity contribution in [1.29, 1.82) is 0 Å². The Morgan fingerprint density at radius 3 is 2.71 bits per heavy atom. The number of phenolic OH excluding ortho intramolecular Hbond substituents is 2. The summed E-state index contributed by atoms with van der Waals surface area (Å²) in [6.45, 7) is 2.26. The van der Waals surface area contributed by atoms with Crippen LogP contribution >= 0.6 is 0 Å². The van der Waals surface area contributed by atoms with Gasteiger partial charge in [-0.15, -0.1) is 0 Å². The van der Waals surface area contributed by atoms with Gasteiger partial charge in [-0.3, -0.25) is 0 Å². The van der Waals surface area contributed by atoms with Crippen LogP contribution in [-0.4, -0.2) is 21.4 Å². The van der Waals surface area contributed by atoms with Crippen LogP contribution in [0, 0.1) is 17.3 Å². The van der Waals surface area contributed by atoms with E-state index < -0.39 is 0 Å². The van der Waals surface area contributed by atoms with Crippen molar-refractivity contribution in [2.24, 2.45) is 17.3 Å². The third-order valence-electron chi connectivity index (χ3n) is 6.73. The predicted octanol–water partition coefficient (Wildman–Crippen LogP) is 3.31. The van der Waals surface area contributed by atoms with Crippen LogP contribution in [0.15, 0.2) is 12.1 Å². The lowest BCUT2D eigenvalue weighted by Gasteiger charge is -2.50. The van der Waals surface area contributed by atoms with Crippen molar-refractivity contribution < 1.29 is 15.3 Å². The van der Waals surface area contributed by atoms with Crippen LogP contribution in [0.25, 0.3) is 0 Å². The molecule has 2 saturated carbocycles. The quantitative estimate of drug-likeness (QED) is 0.686. The second-order valence-corrected chi connectivity index (χ2v) is 7.59. The highest BCUT2D eigenvalue weighted by molar-refractivity contribution is 5.49. The van der Waals surface area contributed by atoms with Gasteiger partial charge in [0.15, 0.2) is 0 Å². The van der Waals surface area contributed by atoms with Gasteiger partial charge >= 0.3 is 0 Å². The minimum Gasteiger partial charge on any atom is -0.508 e. The molecule has 0 aliphatic heterocycles. The van der Waals surface area contributed by atoms with Gasteiger partial charge in [-0.25, -0.2) is 0 Å². The maximum Gasteiger partial charge on any atom is 0.123 e. The van der Waals surface area contributed by atoms with E-state index >= 15 is 0 Å². The van der Waals surface area contributed by atoms with Crippen molar-refractivity contribution in [3.05, 3.63) is 23.3 Å². The summed E-state index contributed by atoms with van der Waals surface area (Å²) >= 11 is 0. The molecule has 0 bridgehead atoms. The molecule has 5 unspecified atom stereocenters. The summed E-state index contributed by atoms with van der Waals surface area (Å²) in [7, 11) is 0. The van der Waals surface area contributed by atoms with Gasteiger partial charge < -0.3 is 15.3 Å². The first-order chi connectivity index (χ1) is 10.0. The Morgan fingerprint density at radius 1 is 1.10 bits per heavy atom. The Kier molecular flexibility index (Phi) is 2.81. The maximum atomic E-state index is 10.4. The monoisotopic (exact) mass is 288 g/mol. The Bertz CT molecular complexity index is 582. The van der Waals surface area contributed by atoms with E-state index in [0.717, 1.165) is 49.7 Å². The first-order valence-corrected chi connectivity index (χ1v) is 8.23. The fourth-order valence-corrected chi connectivity index (χ4v) is 5.66. The Hall–Kier alpha value is -1.22. The van der Waals surface area contributed by atoms with E-state index in [1.165, 1.54) is 6.07 Å². The minimum absolute atomic E-state index is 0.0746. The molecule has 1 aromatic carbocycles. The van der Waals surface area contributed by atoms with E-state index in [9.17, 15) is 15.3 Å². The molecule has 4 rings (SSSR count). The number of fused-ring (bicyclic) bond motifs is 5. The Morgan fingerprint density at radius 2 is 1.90 bits per heavy atom. The van der Waals surface area contributed by atoms with Crippen molar-refractivity contribution in [2.75, 3.05) is 0 Å². The molecule has 3 N–H and O–H groups in total. The second-order valence-electron chi connectivity index (χ2n) is 7.59.